The van der Waals surface area contributed by atoms with E-state index in [1.54, 1.807) is 0 Å². The number of amides is 1. The maximum atomic E-state index is 13.0. The van der Waals surface area contributed by atoms with E-state index >= 15 is 0 Å². The number of nitrogens with zero attached hydrogens (tertiary/aromatic N) is 4. The molecule has 0 N–H and O–H groups in total. The van der Waals surface area contributed by atoms with Gasteiger partial charge in [0.1, 0.15) is 5.41 Å². The van der Waals surface area contributed by atoms with Gasteiger partial charge < -0.3 is 4.90 Å². The lowest BCUT2D eigenvalue weighted by Crippen LogP contribution is -2.47. The molecule has 3 rings (SSSR count). The second kappa shape index (κ2) is 6.12. The van der Waals surface area contributed by atoms with E-state index in [-0.39, 0.29) is 11.9 Å². The molecule has 5 heteroatoms. The van der Waals surface area contributed by atoms with Crippen LogP contribution in [0.5, 0.6) is 0 Å². The van der Waals surface area contributed by atoms with Crippen molar-refractivity contribution in [3.05, 3.63) is 18.0 Å². The fourth-order valence-electron chi connectivity index (χ4n) is 3.88. The molecule has 2 heterocycles. The van der Waals surface area contributed by atoms with E-state index < -0.39 is 5.41 Å². The molecule has 1 amide bonds. The summed E-state index contributed by atoms with van der Waals surface area (Å²) >= 11 is 0. The molecule has 1 aromatic heterocycles. The minimum atomic E-state index is -0.763. The van der Waals surface area contributed by atoms with Crippen LogP contribution in [-0.2, 0) is 11.3 Å². The molecule has 0 radical (unpaired) electrons. The van der Waals surface area contributed by atoms with Crippen LogP contribution in [0.2, 0.25) is 0 Å². The van der Waals surface area contributed by atoms with Gasteiger partial charge in [0.2, 0.25) is 5.91 Å². The van der Waals surface area contributed by atoms with Crippen LogP contribution in [0.4, 0.5) is 0 Å². The normalized spacial score (nSPS) is 24.2. The molecule has 118 valence electrons. The highest BCUT2D eigenvalue weighted by Crippen LogP contribution is 2.39. The number of nitriles is 1. The molecule has 1 atom stereocenters. The zero-order valence-electron chi connectivity index (χ0n) is 13.3. The van der Waals surface area contributed by atoms with E-state index in [1.807, 2.05) is 28.9 Å². The van der Waals surface area contributed by atoms with Crippen molar-refractivity contribution in [2.24, 2.45) is 5.41 Å². The van der Waals surface area contributed by atoms with Gasteiger partial charge in [-0.1, -0.05) is 19.3 Å². The van der Waals surface area contributed by atoms with Gasteiger partial charge in [-0.2, -0.15) is 10.4 Å². The van der Waals surface area contributed by atoms with Crippen LogP contribution in [0.3, 0.4) is 0 Å². The number of carbonyl (C=O) groups excluding carboxylic acids is 1. The molecular weight excluding hydrogens is 276 g/mol. The van der Waals surface area contributed by atoms with Gasteiger partial charge in [-0.15, -0.1) is 0 Å². The lowest BCUT2D eigenvalue weighted by molar-refractivity contribution is -0.141. The summed E-state index contributed by atoms with van der Waals surface area (Å²) in [6.07, 6.45) is 10.5. The Morgan fingerprint density at radius 2 is 2.18 bits per heavy atom. The molecule has 5 nitrogen and oxygen atoms in total. The van der Waals surface area contributed by atoms with Gasteiger partial charge in [0.25, 0.3) is 0 Å². The van der Waals surface area contributed by atoms with Crippen molar-refractivity contribution < 1.29 is 4.79 Å². The van der Waals surface area contributed by atoms with Crippen LogP contribution in [0.1, 0.15) is 50.5 Å². The van der Waals surface area contributed by atoms with E-state index in [4.69, 9.17) is 0 Å². The van der Waals surface area contributed by atoms with Gasteiger partial charge in [0, 0.05) is 12.7 Å². The largest absolute Gasteiger partial charge is 0.336 e. The third kappa shape index (κ3) is 2.75. The van der Waals surface area contributed by atoms with Crippen LogP contribution in [0, 0.1) is 23.7 Å². The fraction of sp³-hybridized carbons (Fsp3) is 0.706. The average molecular weight is 300 g/mol. The Bertz CT molecular complexity index is 580. The van der Waals surface area contributed by atoms with Crippen molar-refractivity contribution in [3.8, 4) is 6.07 Å². The number of aromatic nitrogens is 2. The zero-order chi connectivity index (χ0) is 15.6. The molecule has 1 aliphatic carbocycles. The van der Waals surface area contributed by atoms with Crippen LogP contribution >= 0.6 is 0 Å². The summed E-state index contributed by atoms with van der Waals surface area (Å²) in [6.45, 7) is 3.54. The number of carbonyl (C=O) groups is 1. The van der Waals surface area contributed by atoms with Crippen molar-refractivity contribution in [2.75, 3.05) is 6.54 Å². The number of hydrogen-bond acceptors (Lipinski definition) is 3. The quantitative estimate of drug-likeness (QED) is 0.862. The smallest absolute Gasteiger partial charge is 0.243 e. The lowest BCUT2D eigenvalue weighted by Gasteiger charge is -2.35. The first-order chi connectivity index (χ1) is 10.6. The summed E-state index contributed by atoms with van der Waals surface area (Å²) in [5.74, 6) is 0.0704. The lowest BCUT2D eigenvalue weighted by atomic mass is 9.74. The topological polar surface area (TPSA) is 61.9 Å². The Labute approximate surface area is 131 Å². The standard InChI is InChI=1S/C17H24N4O/c1-14-10-19-20(11-14)12-15-6-5-9-21(15)16(22)17(13-18)7-3-2-4-8-17/h10-11,15H,2-9,12H2,1H3/t15-/m0/s1. The summed E-state index contributed by atoms with van der Waals surface area (Å²) in [7, 11) is 0. The molecule has 1 saturated carbocycles. The summed E-state index contributed by atoms with van der Waals surface area (Å²) < 4.78 is 1.92. The number of hydrogen-bond donors (Lipinski definition) is 0. The zero-order valence-corrected chi connectivity index (χ0v) is 13.3. The van der Waals surface area contributed by atoms with Crippen LogP contribution in [-0.4, -0.2) is 33.2 Å². The van der Waals surface area contributed by atoms with E-state index in [0.717, 1.165) is 63.6 Å². The first kappa shape index (κ1) is 15.1. The Balaban J connectivity index is 1.74. The Hall–Kier alpha value is -1.83. The first-order valence-electron chi connectivity index (χ1n) is 8.36. The SMILES string of the molecule is Cc1cnn(C[C@@H]2CCCN2C(=O)C2(C#N)CCCCC2)c1. The van der Waals surface area contributed by atoms with Crippen LogP contribution < -0.4 is 0 Å². The van der Waals surface area contributed by atoms with Gasteiger partial charge in [0.15, 0.2) is 0 Å². The maximum Gasteiger partial charge on any atom is 0.243 e. The molecule has 2 fully saturated rings. The number of rotatable bonds is 3. The summed E-state index contributed by atoms with van der Waals surface area (Å²) in [5.41, 5.74) is 0.373. The molecule has 2 aliphatic rings. The molecule has 1 aliphatic heterocycles. The third-order valence-corrected chi connectivity index (χ3v) is 5.13. The predicted octanol–water partition coefficient (Wildman–Crippen LogP) is 2.66. The van der Waals surface area contributed by atoms with Gasteiger partial charge in [-0.05, 0) is 38.2 Å². The van der Waals surface area contributed by atoms with Gasteiger partial charge in [-0.3, -0.25) is 9.48 Å². The van der Waals surface area contributed by atoms with Crippen molar-refractivity contribution in [3.63, 3.8) is 0 Å². The molecule has 0 bridgehead atoms. The van der Waals surface area contributed by atoms with Crippen molar-refractivity contribution >= 4 is 5.91 Å². The molecule has 0 aromatic carbocycles. The highest BCUT2D eigenvalue weighted by molar-refractivity contribution is 5.86. The van der Waals surface area contributed by atoms with E-state index in [1.165, 1.54) is 0 Å². The van der Waals surface area contributed by atoms with Crippen molar-refractivity contribution in [1.29, 1.82) is 5.26 Å². The molecule has 1 saturated heterocycles. The number of likely N-dealkylation sites (tertiary alicyclic amines) is 1. The summed E-state index contributed by atoms with van der Waals surface area (Å²) in [6, 6.07) is 2.55. The monoisotopic (exact) mass is 300 g/mol. The molecular formula is C17H24N4O. The highest BCUT2D eigenvalue weighted by Gasteiger charge is 2.45. The minimum Gasteiger partial charge on any atom is -0.336 e. The predicted molar refractivity (Wildman–Crippen MR) is 82.8 cm³/mol. The number of aryl methyl sites for hydroxylation is 1. The van der Waals surface area contributed by atoms with Crippen LogP contribution in [0.15, 0.2) is 12.4 Å². The van der Waals surface area contributed by atoms with Gasteiger partial charge >= 0.3 is 0 Å². The first-order valence-corrected chi connectivity index (χ1v) is 8.36. The Morgan fingerprint density at radius 1 is 1.41 bits per heavy atom. The van der Waals surface area contributed by atoms with E-state index in [9.17, 15) is 10.1 Å². The molecule has 1 aromatic rings. The van der Waals surface area contributed by atoms with Crippen LogP contribution in [0.25, 0.3) is 0 Å². The Kier molecular flexibility index (Phi) is 4.19. The van der Waals surface area contributed by atoms with E-state index in [0.29, 0.717) is 0 Å². The maximum absolute atomic E-state index is 13.0. The third-order valence-electron chi connectivity index (χ3n) is 5.13. The summed E-state index contributed by atoms with van der Waals surface area (Å²) in [4.78, 5) is 15.0. The van der Waals surface area contributed by atoms with Gasteiger partial charge in [0.05, 0.1) is 24.9 Å². The van der Waals surface area contributed by atoms with Crippen molar-refractivity contribution in [2.45, 2.75) is 64.5 Å². The molecule has 0 spiro atoms. The average Bonchev–Trinajstić information content (AvgIpc) is 3.16. The second-order valence-corrected chi connectivity index (χ2v) is 6.79. The Morgan fingerprint density at radius 3 is 2.82 bits per heavy atom. The van der Waals surface area contributed by atoms with E-state index in [2.05, 4.69) is 11.2 Å². The summed E-state index contributed by atoms with van der Waals surface area (Å²) in [5, 5.41) is 14.0. The highest BCUT2D eigenvalue weighted by atomic mass is 16.2. The van der Waals surface area contributed by atoms with Gasteiger partial charge in [-0.25, -0.2) is 0 Å². The molecule has 0 unspecified atom stereocenters. The minimum absolute atomic E-state index is 0.0704. The van der Waals surface area contributed by atoms with Crippen molar-refractivity contribution in [1.82, 2.24) is 14.7 Å². The fourth-order valence-corrected chi connectivity index (χ4v) is 3.88. The second-order valence-electron chi connectivity index (χ2n) is 6.79. The molecule has 22 heavy (non-hydrogen) atoms.